The van der Waals surface area contributed by atoms with Gasteiger partial charge in [0.25, 0.3) is 15.0 Å². The minimum atomic E-state index is -3.85. The standard InChI is InChI=1S/C10H11BrClNO3S/c1-6(2)13-10(14)7-3-8(11)5-9(4-7)17(12,15)16/h3-6H,1-2H3,(H,13,14). The van der Waals surface area contributed by atoms with Gasteiger partial charge in [-0.25, -0.2) is 8.42 Å². The first-order chi connectivity index (χ1) is 7.70. The fourth-order valence-electron chi connectivity index (χ4n) is 1.18. The molecule has 94 valence electrons. The van der Waals surface area contributed by atoms with Gasteiger partial charge < -0.3 is 5.32 Å². The van der Waals surface area contributed by atoms with E-state index >= 15 is 0 Å². The highest BCUT2D eigenvalue weighted by molar-refractivity contribution is 9.10. The Morgan fingerprint density at radius 3 is 2.41 bits per heavy atom. The predicted octanol–water partition coefficient (Wildman–Crippen LogP) is 2.51. The van der Waals surface area contributed by atoms with E-state index in [0.717, 1.165) is 0 Å². The van der Waals surface area contributed by atoms with Crippen molar-refractivity contribution in [2.45, 2.75) is 24.8 Å². The van der Waals surface area contributed by atoms with Gasteiger partial charge >= 0.3 is 0 Å². The maximum atomic E-state index is 11.7. The lowest BCUT2D eigenvalue weighted by Crippen LogP contribution is -2.30. The number of halogens is 2. The van der Waals surface area contributed by atoms with Crippen molar-refractivity contribution in [2.75, 3.05) is 0 Å². The van der Waals surface area contributed by atoms with Crippen molar-refractivity contribution >= 4 is 41.6 Å². The van der Waals surface area contributed by atoms with Crippen molar-refractivity contribution in [3.8, 4) is 0 Å². The number of hydrogen-bond donors (Lipinski definition) is 1. The Labute approximate surface area is 113 Å². The summed E-state index contributed by atoms with van der Waals surface area (Å²) in [5, 5.41) is 2.67. The molecule has 1 rings (SSSR count). The summed E-state index contributed by atoms with van der Waals surface area (Å²) in [6, 6.07) is 4.08. The van der Waals surface area contributed by atoms with Crippen LogP contribution >= 0.6 is 26.6 Å². The largest absolute Gasteiger partial charge is 0.350 e. The fourth-order valence-corrected chi connectivity index (χ4v) is 2.63. The predicted molar refractivity (Wildman–Crippen MR) is 69.8 cm³/mol. The van der Waals surface area contributed by atoms with E-state index in [1.165, 1.54) is 18.2 Å². The van der Waals surface area contributed by atoms with E-state index in [4.69, 9.17) is 10.7 Å². The summed E-state index contributed by atoms with van der Waals surface area (Å²) in [5.41, 5.74) is 0.243. The Balaban J connectivity index is 3.19. The van der Waals surface area contributed by atoms with Crippen LogP contribution in [0.1, 0.15) is 24.2 Å². The van der Waals surface area contributed by atoms with Gasteiger partial charge in [-0.3, -0.25) is 4.79 Å². The SMILES string of the molecule is CC(C)NC(=O)c1cc(Br)cc(S(=O)(=O)Cl)c1. The fraction of sp³-hybridized carbons (Fsp3) is 0.300. The second kappa shape index (κ2) is 5.37. The molecule has 0 heterocycles. The summed E-state index contributed by atoms with van der Waals surface area (Å²) in [5.74, 6) is -0.345. The van der Waals surface area contributed by atoms with Crippen molar-refractivity contribution in [1.82, 2.24) is 5.32 Å². The second-order valence-corrected chi connectivity index (χ2v) is 7.22. The van der Waals surface area contributed by atoms with E-state index < -0.39 is 9.05 Å². The molecular weight excluding hydrogens is 330 g/mol. The molecule has 1 N–H and O–H groups in total. The molecule has 0 saturated carbocycles. The first-order valence-electron chi connectivity index (χ1n) is 4.76. The van der Waals surface area contributed by atoms with Crippen LogP contribution in [-0.2, 0) is 9.05 Å². The lowest BCUT2D eigenvalue weighted by molar-refractivity contribution is 0.0943. The molecule has 0 aliphatic carbocycles. The van der Waals surface area contributed by atoms with Gasteiger partial charge in [-0.1, -0.05) is 15.9 Å². The summed E-state index contributed by atoms with van der Waals surface area (Å²) >= 11 is 3.14. The van der Waals surface area contributed by atoms with E-state index in [1.54, 1.807) is 0 Å². The third kappa shape index (κ3) is 4.29. The molecule has 4 nitrogen and oxygen atoms in total. The van der Waals surface area contributed by atoms with Crippen LogP contribution < -0.4 is 5.32 Å². The Bertz CT molecular complexity index is 542. The van der Waals surface area contributed by atoms with Gasteiger partial charge in [0.2, 0.25) is 0 Å². The third-order valence-electron chi connectivity index (χ3n) is 1.83. The molecular formula is C10H11BrClNO3S. The maximum absolute atomic E-state index is 11.7. The van der Waals surface area contributed by atoms with E-state index in [2.05, 4.69) is 21.2 Å². The maximum Gasteiger partial charge on any atom is 0.261 e. The van der Waals surface area contributed by atoms with Crippen LogP contribution in [0.25, 0.3) is 0 Å². The van der Waals surface area contributed by atoms with Crippen LogP contribution in [-0.4, -0.2) is 20.4 Å². The van der Waals surface area contributed by atoms with Crippen LogP contribution in [0, 0.1) is 0 Å². The molecule has 0 aliphatic rings. The Kier molecular flexibility index (Phi) is 4.57. The molecule has 0 aromatic heterocycles. The lowest BCUT2D eigenvalue weighted by atomic mass is 10.2. The van der Waals surface area contributed by atoms with Gasteiger partial charge in [0.1, 0.15) is 0 Å². The third-order valence-corrected chi connectivity index (χ3v) is 3.63. The molecule has 0 unspecified atom stereocenters. The summed E-state index contributed by atoms with van der Waals surface area (Å²) in [6.07, 6.45) is 0. The number of rotatable bonds is 3. The molecule has 17 heavy (non-hydrogen) atoms. The van der Waals surface area contributed by atoms with Crippen molar-refractivity contribution < 1.29 is 13.2 Å². The minimum Gasteiger partial charge on any atom is -0.350 e. The molecule has 0 aliphatic heterocycles. The average Bonchev–Trinajstić information content (AvgIpc) is 2.14. The zero-order valence-corrected chi connectivity index (χ0v) is 12.4. The van der Waals surface area contributed by atoms with Crippen molar-refractivity contribution in [1.29, 1.82) is 0 Å². The Hall–Kier alpha value is -0.590. The summed E-state index contributed by atoms with van der Waals surface area (Å²) < 4.78 is 22.9. The number of hydrogen-bond acceptors (Lipinski definition) is 3. The molecule has 7 heteroatoms. The number of amides is 1. The molecule has 0 atom stereocenters. The number of nitrogens with one attached hydrogen (secondary N) is 1. The Morgan fingerprint density at radius 1 is 1.35 bits per heavy atom. The van der Waals surface area contributed by atoms with Gasteiger partial charge in [-0.05, 0) is 32.0 Å². The molecule has 1 aromatic rings. The highest BCUT2D eigenvalue weighted by Crippen LogP contribution is 2.22. The Morgan fingerprint density at radius 2 is 1.94 bits per heavy atom. The van der Waals surface area contributed by atoms with Gasteiger partial charge in [0.05, 0.1) is 4.90 Å². The zero-order chi connectivity index (χ0) is 13.2. The summed E-state index contributed by atoms with van der Waals surface area (Å²) in [6.45, 7) is 3.63. The van der Waals surface area contributed by atoms with Gasteiger partial charge in [0, 0.05) is 26.8 Å². The van der Waals surface area contributed by atoms with Gasteiger partial charge in [-0.2, -0.15) is 0 Å². The molecule has 1 aromatic carbocycles. The second-order valence-electron chi connectivity index (χ2n) is 3.74. The molecule has 1 amide bonds. The normalized spacial score (nSPS) is 11.6. The van der Waals surface area contributed by atoms with E-state index in [9.17, 15) is 13.2 Å². The van der Waals surface area contributed by atoms with E-state index in [0.29, 0.717) is 4.47 Å². The zero-order valence-electron chi connectivity index (χ0n) is 9.20. The average molecular weight is 341 g/mol. The van der Waals surface area contributed by atoms with Gasteiger partial charge in [-0.15, -0.1) is 0 Å². The highest BCUT2D eigenvalue weighted by Gasteiger charge is 2.15. The first-order valence-corrected chi connectivity index (χ1v) is 7.86. The first kappa shape index (κ1) is 14.5. The van der Waals surface area contributed by atoms with E-state index in [1.807, 2.05) is 13.8 Å². The number of carbonyl (C=O) groups excluding carboxylic acids is 1. The summed E-state index contributed by atoms with van der Waals surface area (Å²) in [7, 11) is 1.39. The molecule has 0 spiro atoms. The van der Waals surface area contributed by atoms with Crippen LogP contribution in [0.2, 0.25) is 0 Å². The summed E-state index contributed by atoms with van der Waals surface area (Å²) in [4.78, 5) is 11.6. The van der Waals surface area contributed by atoms with Crippen LogP contribution in [0.3, 0.4) is 0 Å². The topological polar surface area (TPSA) is 63.2 Å². The molecule has 0 bridgehead atoms. The van der Waals surface area contributed by atoms with Crippen molar-refractivity contribution in [3.63, 3.8) is 0 Å². The van der Waals surface area contributed by atoms with Crippen LogP contribution in [0.15, 0.2) is 27.6 Å². The molecule has 0 fully saturated rings. The number of benzene rings is 1. The quantitative estimate of drug-likeness (QED) is 0.860. The monoisotopic (exact) mass is 339 g/mol. The van der Waals surface area contributed by atoms with Crippen LogP contribution in [0.5, 0.6) is 0 Å². The molecule has 0 radical (unpaired) electrons. The highest BCUT2D eigenvalue weighted by atomic mass is 79.9. The number of carbonyl (C=O) groups is 1. The molecule has 0 saturated heterocycles. The van der Waals surface area contributed by atoms with Crippen molar-refractivity contribution in [2.24, 2.45) is 0 Å². The van der Waals surface area contributed by atoms with Gasteiger partial charge in [0.15, 0.2) is 0 Å². The van der Waals surface area contributed by atoms with Crippen molar-refractivity contribution in [3.05, 3.63) is 28.2 Å². The smallest absolute Gasteiger partial charge is 0.261 e. The van der Waals surface area contributed by atoms with E-state index in [-0.39, 0.29) is 22.4 Å². The van der Waals surface area contributed by atoms with Crippen LogP contribution in [0.4, 0.5) is 0 Å². The minimum absolute atomic E-state index is 0.0301. The lowest BCUT2D eigenvalue weighted by Gasteiger charge is -2.09.